The van der Waals surface area contributed by atoms with Gasteiger partial charge < -0.3 is 5.73 Å². The summed E-state index contributed by atoms with van der Waals surface area (Å²) in [6.07, 6.45) is 2.73. The van der Waals surface area contributed by atoms with Crippen molar-refractivity contribution in [1.29, 1.82) is 0 Å². The van der Waals surface area contributed by atoms with Crippen LogP contribution < -0.4 is 5.73 Å². The Balaban J connectivity index is 2.05. The molecule has 2 rings (SSSR count). The molecular formula is C12H17BrN2. The number of nitrogens with two attached hydrogens (primary N) is 1. The molecule has 0 heterocycles. The molecule has 0 aliphatic heterocycles. The van der Waals surface area contributed by atoms with Crippen molar-refractivity contribution in [2.24, 2.45) is 0 Å². The van der Waals surface area contributed by atoms with Gasteiger partial charge in [-0.05, 0) is 53.0 Å². The van der Waals surface area contributed by atoms with Crippen molar-refractivity contribution in [3.8, 4) is 0 Å². The molecule has 1 aliphatic rings. The molecule has 0 spiro atoms. The van der Waals surface area contributed by atoms with Gasteiger partial charge in [0, 0.05) is 22.7 Å². The van der Waals surface area contributed by atoms with Crippen LogP contribution in [0.1, 0.15) is 25.3 Å². The van der Waals surface area contributed by atoms with E-state index in [0.29, 0.717) is 0 Å². The minimum atomic E-state index is 0.813. The lowest BCUT2D eigenvalue weighted by atomic mass is 10.2. The smallest absolute Gasteiger partial charge is 0.0458 e. The minimum Gasteiger partial charge on any atom is -0.398 e. The Morgan fingerprint density at radius 1 is 1.47 bits per heavy atom. The Morgan fingerprint density at radius 2 is 2.20 bits per heavy atom. The lowest BCUT2D eigenvalue weighted by molar-refractivity contribution is 0.269. The van der Waals surface area contributed by atoms with E-state index in [1.807, 2.05) is 6.07 Å². The summed E-state index contributed by atoms with van der Waals surface area (Å²) >= 11 is 3.47. The molecule has 15 heavy (non-hydrogen) atoms. The Morgan fingerprint density at radius 3 is 2.73 bits per heavy atom. The predicted octanol–water partition coefficient (Wildman–Crippen LogP) is 3.02. The summed E-state index contributed by atoms with van der Waals surface area (Å²) in [5.41, 5.74) is 7.91. The van der Waals surface area contributed by atoms with E-state index < -0.39 is 0 Å². The third-order valence-electron chi connectivity index (χ3n) is 2.92. The monoisotopic (exact) mass is 268 g/mol. The fourth-order valence-electron chi connectivity index (χ4n) is 1.84. The number of halogens is 1. The molecule has 0 bridgehead atoms. The van der Waals surface area contributed by atoms with Gasteiger partial charge in [-0.15, -0.1) is 0 Å². The average molecular weight is 269 g/mol. The first-order valence-corrected chi connectivity index (χ1v) is 6.28. The number of benzene rings is 1. The summed E-state index contributed by atoms with van der Waals surface area (Å²) in [7, 11) is 0. The van der Waals surface area contributed by atoms with Gasteiger partial charge >= 0.3 is 0 Å². The highest BCUT2D eigenvalue weighted by Gasteiger charge is 2.27. The van der Waals surface area contributed by atoms with Gasteiger partial charge in [0.2, 0.25) is 0 Å². The molecule has 2 nitrogen and oxygen atoms in total. The fourth-order valence-corrected chi connectivity index (χ4v) is 2.27. The van der Waals surface area contributed by atoms with E-state index in [-0.39, 0.29) is 0 Å². The van der Waals surface area contributed by atoms with Gasteiger partial charge in [0.05, 0.1) is 0 Å². The van der Waals surface area contributed by atoms with Crippen LogP contribution in [0.4, 0.5) is 5.69 Å². The zero-order valence-electron chi connectivity index (χ0n) is 9.04. The van der Waals surface area contributed by atoms with Crippen LogP contribution >= 0.6 is 15.9 Å². The molecule has 0 radical (unpaired) electrons. The summed E-state index contributed by atoms with van der Waals surface area (Å²) in [6.45, 7) is 4.40. The highest BCUT2D eigenvalue weighted by Crippen LogP contribution is 2.29. The number of nitrogen functional groups attached to an aromatic ring is 1. The lowest BCUT2D eigenvalue weighted by Gasteiger charge is -2.20. The number of hydrogen-bond donors (Lipinski definition) is 1. The largest absolute Gasteiger partial charge is 0.398 e. The topological polar surface area (TPSA) is 29.3 Å². The molecule has 1 fully saturated rings. The molecule has 2 N–H and O–H groups in total. The molecule has 0 amide bonds. The van der Waals surface area contributed by atoms with Crippen molar-refractivity contribution < 1.29 is 0 Å². The predicted molar refractivity (Wildman–Crippen MR) is 67.7 cm³/mol. The van der Waals surface area contributed by atoms with Crippen LogP contribution in [0, 0.1) is 0 Å². The first-order valence-electron chi connectivity index (χ1n) is 5.48. The van der Waals surface area contributed by atoms with E-state index in [1.165, 1.54) is 18.4 Å². The van der Waals surface area contributed by atoms with E-state index >= 15 is 0 Å². The van der Waals surface area contributed by atoms with Crippen LogP contribution in [-0.4, -0.2) is 17.5 Å². The molecule has 3 heteroatoms. The van der Waals surface area contributed by atoms with Gasteiger partial charge in [-0.2, -0.15) is 0 Å². The van der Waals surface area contributed by atoms with E-state index in [1.54, 1.807) is 0 Å². The van der Waals surface area contributed by atoms with Crippen LogP contribution in [-0.2, 0) is 6.54 Å². The molecule has 1 saturated carbocycles. The molecule has 82 valence electrons. The van der Waals surface area contributed by atoms with Crippen LogP contribution in [0.25, 0.3) is 0 Å². The normalized spacial score (nSPS) is 15.9. The zero-order valence-corrected chi connectivity index (χ0v) is 10.6. The molecule has 1 aromatic rings. The van der Waals surface area contributed by atoms with Crippen molar-refractivity contribution in [2.75, 3.05) is 12.3 Å². The molecule has 1 aliphatic carbocycles. The van der Waals surface area contributed by atoms with Gasteiger partial charge in [-0.25, -0.2) is 0 Å². The van der Waals surface area contributed by atoms with Crippen molar-refractivity contribution in [1.82, 2.24) is 4.90 Å². The second kappa shape index (κ2) is 4.54. The zero-order chi connectivity index (χ0) is 10.8. The van der Waals surface area contributed by atoms with E-state index in [4.69, 9.17) is 5.73 Å². The average Bonchev–Trinajstić information content (AvgIpc) is 3.03. The summed E-state index contributed by atoms with van der Waals surface area (Å²) in [4.78, 5) is 2.53. The summed E-state index contributed by atoms with van der Waals surface area (Å²) < 4.78 is 1.01. The van der Waals surface area contributed by atoms with Crippen LogP contribution in [0.5, 0.6) is 0 Å². The Kier molecular flexibility index (Phi) is 3.32. The van der Waals surface area contributed by atoms with Crippen molar-refractivity contribution in [3.05, 3.63) is 28.2 Å². The molecule has 0 atom stereocenters. The Labute approximate surface area is 99.6 Å². The number of anilines is 1. The maximum absolute atomic E-state index is 5.76. The Bertz CT molecular complexity index is 347. The third kappa shape index (κ3) is 2.73. The number of rotatable bonds is 4. The van der Waals surface area contributed by atoms with Crippen LogP contribution in [0.3, 0.4) is 0 Å². The van der Waals surface area contributed by atoms with Gasteiger partial charge in [-0.1, -0.05) is 13.0 Å². The first kappa shape index (κ1) is 11.0. The molecule has 0 unspecified atom stereocenters. The van der Waals surface area contributed by atoms with Gasteiger partial charge in [0.1, 0.15) is 0 Å². The number of nitrogens with zero attached hydrogens (tertiary/aromatic N) is 1. The highest BCUT2D eigenvalue weighted by molar-refractivity contribution is 9.10. The standard InChI is InChI=1S/C12H17BrN2/c1-2-15(10-4-5-10)8-9-3-6-12(14)11(13)7-9/h3,6-7,10H,2,4-5,8,14H2,1H3. The molecular weight excluding hydrogens is 252 g/mol. The van der Waals surface area contributed by atoms with Gasteiger partial charge in [0.15, 0.2) is 0 Å². The lowest BCUT2D eigenvalue weighted by Crippen LogP contribution is -2.24. The second-order valence-electron chi connectivity index (χ2n) is 4.15. The van der Waals surface area contributed by atoms with Gasteiger partial charge in [0.25, 0.3) is 0 Å². The SMILES string of the molecule is CCN(Cc1ccc(N)c(Br)c1)C1CC1. The summed E-state index contributed by atoms with van der Waals surface area (Å²) in [6, 6.07) is 7.04. The number of hydrogen-bond acceptors (Lipinski definition) is 2. The second-order valence-corrected chi connectivity index (χ2v) is 5.00. The highest BCUT2D eigenvalue weighted by atomic mass is 79.9. The third-order valence-corrected chi connectivity index (χ3v) is 3.61. The quantitative estimate of drug-likeness (QED) is 0.851. The van der Waals surface area contributed by atoms with Gasteiger partial charge in [-0.3, -0.25) is 4.90 Å². The Hall–Kier alpha value is -0.540. The van der Waals surface area contributed by atoms with E-state index in [0.717, 1.165) is 29.3 Å². The molecule has 1 aromatic carbocycles. The van der Waals surface area contributed by atoms with E-state index in [2.05, 4.69) is 39.9 Å². The van der Waals surface area contributed by atoms with Crippen molar-refractivity contribution in [2.45, 2.75) is 32.4 Å². The van der Waals surface area contributed by atoms with Crippen LogP contribution in [0.15, 0.2) is 22.7 Å². The van der Waals surface area contributed by atoms with E-state index in [9.17, 15) is 0 Å². The maximum atomic E-state index is 5.76. The van der Waals surface area contributed by atoms with Crippen LogP contribution in [0.2, 0.25) is 0 Å². The van der Waals surface area contributed by atoms with Crippen molar-refractivity contribution >= 4 is 21.6 Å². The maximum Gasteiger partial charge on any atom is 0.0458 e. The first-order chi connectivity index (χ1) is 7.20. The summed E-state index contributed by atoms with van der Waals surface area (Å²) in [5, 5.41) is 0. The molecule has 0 aromatic heterocycles. The van der Waals surface area contributed by atoms with Crippen molar-refractivity contribution in [3.63, 3.8) is 0 Å². The molecule has 0 saturated heterocycles. The fraction of sp³-hybridized carbons (Fsp3) is 0.500. The summed E-state index contributed by atoms with van der Waals surface area (Å²) in [5.74, 6) is 0. The minimum absolute atomic E-state index is 0.813.